The van der Waals surface area contributed by atoms with Crippen molar-refractivity contribution in [3.05, 3.63) is 65.2 Å². The molecule has 0 amide bonds. The summed E-state index contributed by atoms with van der Waals surface area (Å²) in [4.78, 5) is 0. The molecule has 3 aromatic rings. The Bertz CT molecular complexity index is 1060. The Morgan fingerprint density at radius 2 is 1.81 bits per heavy atom. The van der Waals surface area contributed by atoms with Gasteiger partial charge < -0.3 is 9.88 Å². The van der Waals surface area contributed by atoms with Crippen molar-refractivity contribution in [2.24, 2.45) is 0 Å². The van der Waals surface area contributed by atoms with Crippen LogP contribution in [0.15, 0.2) is 53.6 Å². The zero-order valence-electron chi connectivity index (χ0n) is 15.4. The molecule has 6 heteroatoms. The molecule has 2 N–H and O–H groups in total. The van der Waals surface area contributed by atoms with Gasteiger partial charge in [-0.3, -0.25) is 4.55 Å². The Hall–Kier alpha value is -2.15. The zero-order chi connectivity index (χ0) is 19.0. The Morgan fingerprint density at radius 1 is 1.11 bits per heavy atom. The maximum absolute atomic E-state index is 12.3. The lowest BCUT2D eigenvalue weighted by Gasteiger charge is -2.26. The fourth-order valence-electron chi connectivity index (χ4n) is 3.71. The summed E-state index contributed by atoms with van der Waals surface area (Å²) < 4.78 is 36.4. The Morgan fingerprint density at radius 3 is 2.44 bits per heavy atom. The van der Waals surface area contributed by atoms with E-state index in [9.17, 15) is 13.0 Å². The van der Waals surface area contributed by atoms with Crippen LogP contribution in [0.3, 0.4) is 0 Å². The predicted molar refractivity (Wildman–Crippen MR) is 107 cm³/mol. The van der Waals surface area contributed by atoms with Crippen LogP contribution >= 0.6 is 0 Å². The monoisotopic (exact) mass is 384 g/mol. The summed E-state index contributed by atoms with van der Waals surface area (Å²) in [7, 11) is -4.37. The third-order valence-corrected chi connectivity index (χ3v) is 6.36. The van der Waals surface area contributed by atoms with Gasteiger partial charge in [-0.2, -0.15) is 8.42 Å². The standard InChI is InChI=1S/C21H24N2O3S/c1-15-9-11-16(12-10-15)14-23-20-8-3-2-7-18(20)19(21(23)27(24,25)26)13-22-17-5-4-6-17/h2-3,7-12,17,22H,4-6,13-14H2,1H3,(H,24,25,26). The fourth-order valence-corrected chi connectivity index (χ4v) is 4.64. The van der Waals surface area contributed by atoms with E-state index in [0.29, 0.717) is 24.7 Å². The van der Waals surface area contributed by atoms with Gasteiger partial charge in [-0.15, -0.1) is 0 Å². The van der Waals surface area contributed by atoms with E-state index in [4.69, 9.17) is 0 Å². The van der Waals surface area contributed by atoms with E-state index in [1.54, 1.807) is 4.57 Å². The van der Waals surface area contributed by atoms with E-state index in [2.05, 4.69) is 5.32 Å². The van der Waals surface area contributed by atoms with E-state index in [-0.39, 0.29) is 5.03 Å². The van der Waals surface area contributed by atoms with Crippen molar-refractivity contribution < 1.29 is 13.0 Å². The molecule has 27 heavy (non-hydrogen) atoms. The van der Waals surface area contributed by atoms with Gasteiger partial charge in [-0.05, 0) is 31.4 Å². The van der Waals surface area contributed by atoms with Crippen LogP contribution in [0.2, 0.25) is 0 Å². The molecule has 1 saturated carbocycles. The van der Waals surface area contributed by atoms with Crippen molar-refractivity contribution in [3.63, 3.8) is 0 Å². The number of benzene rings is 2. The molecule has 1 fully saturated rings. The molecular weight excluding hydrogens is 360 g/mol. The topological polar surface area (TPSA) is 71.3 Å². The molecule has 4 rings (SSSR count). The summed E-state index contributed by atoms with van der Waals surface area (Å²) in [5, 5.41) is 4.30. The number of fused-ring (bicyclic) bond motifs is 1. The van der Waals surface area contributed by atoms with Gasteiger partial charge in [0.2, 0.25) is 0 Å². The molecule has 0 unspecified atom stereocenters. The number of rotatable bonds is 6. The van der Waals surface area contributed by atoms with Crippen LogP contribution in [-0.4, -0.2) is 23.6 Å². The van der Waals surface area contributed by atoms with Crippen molar-refractivity contribution in [3.8, 4) is 0 Å². The molecule has 5 nitrogen and oxygen atoms in total. The second-order valence-electron chi connectivity index (χ2n) is 7.36. The largest absolute Gasteiger partial charge is 0.325 e. The first-order valence-corrected chi connectivity index (χ1v) is 10.7. The molecule has 0 radical (unpaired) electrons. The average Bonchev–Trinajstić information content (AvgIpc) is 2.90. The smallest absolute Gasteiger partial charge is 0.310 e. The second kappa shape index (κ2) is 7.11. The van der Waals surface area contributed by atoms with Crippen molar-refractivity contribution in [1.29, 1.82) is 0 Å². The molecule has 0 spiro atoms. The van der Waals surface area contributed by atoms with Gasteiger partial charge in [0.1, 0.15) is 0 Å². The minimum Gasteiger partial charge on any atom is -0.325 e. The Kier molecular flexibility index (Phi) is 4.80. The molecule has 0 atom stereocenters. The normalized spacial score (nSPS) is 15.2. The fraction of sp³-hybridized carbons (Fsp3) is 0.333. The summed E-state index contributed by atoms with van der Waals surface area (Å²) in [6.07, 6.45) is 3.43. The highest BCUT2D eigenvalue weighted by Crippen LogP contribution is 2.31. The van der Waals surface area contributed by atoms with Gasteiger partial charge in [-0.1, -0.05) is 54.4 Å². The molecule has 0 saturated heterocycles. The first-order valence-electron chi connectivity index (χ1n) is 9.30. The van der Waals surface area contributed by atoms with Crippen LogP contribution < -0.4 is 5.32 Å². The van der Waals surface area contributed by atoms with Crippen molar-refractivity contribution in [2.45, 2.75) is 50.3 Å². The highest BCUT2D eigenvalue weighted by atomic mass is 32.2. The van der Waals surface area contributed by atoms with E-state index < -0.39 is 10.1 Å². The van der Waals surface area contributed by atoms with E-state index in [0.717, 1.165) is 34.9 Å². The first-order chi connectivity index (χ1) is 12.9. The maximum atomic E-state index is 12.3. The van der Waals surface area contributed by atoms with Gasteiger partial charge in [0, 0.05) is 35.6 Å². The van der Waals surface area contributed by atoms with Crippen LogP contribution in [-0.2, 0) is 23.2 Å². The molecule has 0 bridgehead atoms. The number of aryl methyl sites for hydroxylation is 1. The molecule has 1 heterocycles. The predicted octanol–water partition coefficient (Wildman–Crippen LogP) is 3.89. The summed E-state index contributed by atoms with van der Waals surface area (Å²) in [6, 6.07) is 16.1. The van der Waals surface area contributed by atoms with Gasteiger partial charge in [0.15, 0.2) is 5.03 Å². The summed E-state index contributed by atoms with van der Waals surface area (Å²) in [5.41, 5.74) is 3.60. The maximum Gasteiger partial charge on any atom is 0.310 e. The van der Waals surface area contributed by atoms with Gasteiger partial charge in [0.25, 0.3) is 0 Å². The van der Waals surface area contributed by atoms with Gasteiger partial charge >= 0.3 is 10.1 Å². The lowest BCUT2D eigenvalue weighted by atomic mass is 9.93. The highest BCUT2D eigenvalue weighted by molar-refractivity contribution is 7.85. The molecule has 1 aliphatic rings. The number of nitrogens with zero attached hydrogens (tertiary/aromatic N) is 1. The molecular formula is C21H24N2O3S. The average molecular weight is 385 g/mol. The van der Waals surface area contributed by atoms with Gasteiger partial charge in [0.05, 0.1) is 0 Å². The summed E-state index contributed by atoms with van der Waals surface area (Å²) in [5.74, 6) is 0. The van der Waals surface area contributed by atoms with E-state index in [1.165, 1.54) is 6.42 Å². The Labute approximate surface area is 159 Å². The molecule has 1 aromatic heterocycles. The second-order valence-corrected chi connectivity index (χ2v) is 8.69. The molecule has 0 aliphatic heterocycles. The van der Waals surface area contributed by atoms with Crippen LogP contribution in [0.5, 0.6) is 0 Å². The van der Waals surface area contributed by atoms with Crippen molar-refractivity contribution in [1.82, 2.24) is 9.88 Å². The van der Waals surface area contributed by atoms with Crippen LogP contribution in [0.4, 0.5) is 0 Å². The first kappa shape index (κ1) is 18.2. The van der Waals surface area contributed by atoms with E-state index >= 15 is 0 Å². The summed E-state index contributed by atoms with van der Waals surface area (Å²) >= 11 is 0. The van der Waals surface area contributed by atoms with Crippen LogP contribution in [0, 0.1) is 6.92 Å². The minimum absolute atomic E-state index is 0.00361. The molecule has 1 aliphatic carbocycles. The van der Waals surface area contributed by atoms with Crippen LogP contribution in [0.25, 0.3) is 10.9 Å². The van der Waals surface area contributed by atoms with Crippen molar-refractivity contribution in [2.75, 3.05) is 0 Å². The molecule has 2 aromatic carbocycles. The number of hydrogen-bond acceptors (Lipinski definition) is 3. The summed E-state index contributed by atoms with van der Waals surface area (Å²) in [6.45, 7) is 2.84. The Balaban J connectivity index is 1.83. The third-order valence-electron chi connectivity index (χ3n) is 5.40. The third kappa shape index (κ3) is 3.65. The SMILES string of the molecule is Cc1ccc(Cn2c(S(=O)(=O)O)c(CNC3CCC3)c3ccccc32)cc1. The van der Waals surface area contributed by atoms with Crippen LogP contribution in [0.1, 0.15) is 36.0 Å². The lowest BCUT2D eigenvalue weighted by molar-refractivity contribution is 0.337. The lowest BCUT2D eigenvalue weighted by Crippen LogP contribution is -2.34. The minimum atomic E-state index is -4.37. The quantitative estimate of drug-likeness (QED) is 0.633. The number of nitrogens with one attached hydrogen (secondary N) is 1. The number of para-hydroxylation sites is 1. The number of hydrogen-bond donors (Lipinski definition) is 2. The number of aromatic nitrogens is 1. The van der Waals surface area contributed by atoms with Crippen molar-refractivity contribution >= 4 is 21.0 Å². The zero-order valence-corrected chi connectivity index (χ0v) is 16.2. The van der Waals surface area contributed by atoms with E-state index in [1.807, 2.05) is 55.5 Å². The highest BCUT2D eigenvalue weighted by Gasteiger charge is 2.27. The van der Waals surface area contributed by atoms with Gasteiger partial charge in [-0.25, -0.2) is 0 Å². The molecule has 142 valence electrons.